The molecule has 0 aromatic heterocycles. The monoisotopic (exact) mass is 406 g/mol. The molecular formula is C26H30O4. The fraction of sp³-hybridized carbons (Fsp3) is 0.308. The average molecular weight is 407 g/mol. The van der Waals surface area contributed by atoms with Gasteiger partial charge in [0, 0.05) is 13.0 Å². The van der Waals surface area contributed by atoms with Crippen LogP contribution in [-0.4, -0.2) is 42.7 Å². The van der Waals surface area contributed by atoms with Gasteiger partial charge in [-0.15, -0.1) is 0 Å². The number of hydrogen-bond donors (Lipinski definition) is 2. The Labute approximate surface area is 178 Å². The summed E-state index contributed by atoms with van der Waals surface area (Å²) in [6.45, 7) is 0.462. The summed E-state index contributed by atoms with van der Waals surface area (Å²) in [4.78, 5) is 0. The van der Waals surface area contributed by atoms with Gasteiger partial charge < -0.3 is 19.7 Å². The van der Waals surface area contributed by atoms with Crippen molar-refractivity contribution in [2.24, 2.45) is 0 Å². The van der Waals surface area contributed by atoms with Crippen molar-refractivity contribution in [3.8, 4) is 0 Å². The first-order chi connectivity index (χ1) is 14.8. The van der Waals surface area contributed by atoms with Crippen LogP contribution in [0.1, 0.15) is 23.1 Å². The largest absolute Gasteiger partial charge is 0.396 e. The molecule has 3 rings (SSSR count). The minimum absolute atomic E-state index is 0.00180. The van der Waals surface area contributed by atoms with E-state index in [0.29, 0.717) is 19.4 Å². The van der Waals surface area contributed by atoms with E-state index in [-0.39, 0.29) is 25.9 Å². The fourth-order valence-corrected chi connectivity index (χ4v) is 3.70. The molecule has 4 heteroatoms. The van der Waals surface area contributed by atoms with Crippen molar-refractivity contribution < 1.29 is 19.7 Å². The van der Waals surface area contributed by atoms with E-state index < -0.39 is 5.60 Å². The lowest BCUT2D eigenvalue weighted by Gasteiger charge is -2.37. The molecule has 0 radical (unpaired) electrons. The van der Waals surface area contributed by atoms with Crippen molar-refractivity contribution >= 4 is 0 Å². The maximum atomic E-state index is 9.44. The number of hydrogen-bond acceptors (Lipinski definition) is 4. The van der Waals surface area contributed by atoms with E-state index in [2.05, 4.69) is 36.4 Å². The highest BCUT2D eigenvalue weighted by atomic mass is 16.5. The normalized spacial score (nSPS) is 12.6. The Hall–Kier alpha value is -2.50. The molecule has 0 saturated carbocycles. The van der Waals surface area contributed by atoms with E-state index >= 15 is 0 Å². The molecular weight excluding hydrogens is 376 g/mol. The van der Waals surface area contributed by atoms with E-state index in [0.717, 1.165) is 11.1 Å². The van der Waals surface area contributed by atoms with Gasteiger partial charge >= 0.3 is 0 Å². The molecule has 3 aromatic carbocycles. The minimum atomic E-state index is -0.708. The Morgan fingerprint density at radius 3 is 1.73 bits per heavy atom. The Morgan fingerprint density at radius 1 is 0.700 bits per heavy atom. The van der Waals surface area contributed by atoms with Crippen molar-refractivity contribution in [2.75, 3.05) is 26.4 Å². The number of aliphatic hydroxyl groups is 2. The lowest BCUT2D eigenvalue weighted by atomic mass is 9.81. The van der Waals surface area contributed by atoms with Crippen molar-refractivity contribution in [1.29, 1.82) is 0 Å². The molecule has 1 atom stereocenters. The number of ether oxygens (including phenoxy) is 2. The third-order valence-electron chi connectivity index (χ3n) is 5.19. The highest BCUT2D eigenvalue weighted by Gasteiger charge is 2.36. The van der Waals surface area contributed by atoms with Crippen LogP contribution in [0.15, 0.2) is 91.0 Å². The van der Waals surface area contributed by atoms with Crippen LogP contribution in [0, 0.1) is 0 Å². The second kappa shape index (κ2) is 11.6. The van der Waals surface area contributed by atoms with Crippen molar-refractivity contribution in [2.45, 2.75) is 24.5 Å². The van der Waals surface area contributed by atoms with Crippen molar-refractivity contribution in [1.82, 2.24) is 0 Å². The van der Waals surface area contributed by atoms with Crippen LogP contribution in [0.2, 0.25) is 0 Å². The zero-order chi connectivity index (χ0) is 21.1. The highest BCUT2D eigenvalue weighted by molar-refractivity contribution is 5.39. The van der Waals surface area contributed by atoms with Gasteiger partial charge in [-0.1, -0.05) is 91.0 Å². The molecule has 0 saturated heterocycles. The summed E-state index contributed by atoms with van der Waals surface area (Å²) in [6.07, 6.45) is 0.809. The van der Waals surface area contributed by atoms with Crippen LogP contribution in [0.3, 0.4) is 0 Å². The predicted octanol–water partition coefficient (Wildman–Crippen LogP) is 3.95. The summed E-state index contributed by atoms with van der Waals surface area (Å²) in [7, 11) is 0. The Kier molecular flexibility index (Phi) is 8.60. The van der Waals surface area contributed by atoms with Crippen LogP contribution in [0.4, 0.5) is 0 Å². The third-order valence-corrected chi connectivity index (χ3v) is 5.19. The summed E-state index contributed by atoms with van der Waals surface area (Å²) in [5, 5.41) is 18.6. The Balaban J connectivity index is 2.01. The van der Waals surface area contributed by atoms with Gasteiger partial charge in [-0.05, 0) is 23.1 Å². The summed E-state index contributed by atoms with van der Waals surface area (Å²) in [5.41, 5.74) is 2.58. The standard InChI is InChI=1S/C26H30O4/c27-17-16-25(29-19-18-28)21-30-26(23-12-6-2-7-13-23,24-14-8-3-9-15-24)20-22-10-4-1-5-11-22/h1-15,25,27-28H,16-21H2. The van der Waals surface area contributed by atoms with Crippen LogP contribution < -0.4 is 0 Å². The van der Waals surface area contributed by atoms with Gasteiger partial charge in [0.15, 0.2) is 0 Å². The molecule has 1 unspecified atom stereocenters. The van der Waals surface area contributed by atoms with Gasteiger partial charge in [0.2, 0.25) is 0 Å². The molecule has 0 bridgehead atoms. The second-order valence-corrected chi connectivity index (χ2v) is 7.26. The van der Waals surface area contributed by atoms with E-state index in [1.807, 2.05) is 54.6 Å². The molecule has 0 aliphatic carbocycles. The van der Waals surface area contributed by atoms with Crippen LogP contribution in [-0.2, 0) is 21.5 Å². The average Bonchev–Trinajstić information content (AvgIpc) is 2.82. The molecule has 0 heterocycles. The first-order valence-corrected chi connectivity index (χ1v) is 10.4. The van der Waals surface area contributed by atoms with E-state index in [1.165, 1.54) is 5.56 Å². The van der Waals surface area contributed by atoms with Crippen molar-refractivity contribution in [3.63, 3.8) is 0 Å². The lowest BCUT2D eigenvalue weighted by Crippen LogP contribution is -2.37. The first-order valence-electron chi connectivity index (χ1n) is 10.4. The van der Waals surface area contributed by atoms with Crippen molar-refractivity contribution in [3.05, 3.63) is 108 Å². The predicted molar refractivity (Wildman–Crippen MR) is 118 cm³/mol. The van der Waals surface area contributed by atoms with E-state index in [9.17, 15) is 5.11 Å². The molecule has 3 aromatic rings. The molecule has 0 amide bonds. The summed E-state index contributed by atoms with van der Waals surface area (Å²) in [5.74, 6) is 0. The minimum Gasteiger partial charge on any atom is -0.396 e. The quantitative estimate of drug-likeness (QED) is 0.478. The zero-order valence-electron chi connectivity index (χ0n) is 17.2. The first kappa shape index (κ1) is 22.2. The fourth-order valence-electron chi connectivity index (χ4n) is 3.70. The highest BCUT2D eigenvalue weighted by Crippen LogP contribution is 2.37. The van der Waals surface area contributed by atoms with Gasteiger partial charge in [-0.25, -0.2) is 0 Å². The van der Waals surface area contributed by atoms with Crippen LogP contribution >= 0.6 is 0 Å². The van der Waals surface area contributed by atoms with E-state index in [4.69, 9.17) is 14.6 Å². The number of benzene rings is 3. The summed E-state index contributed by atoms with van der Waals surface area (Å²) < 4.78 is 12.4. The molecule has 2 N–H and O–H groups in total. The topological polar surface area (TPSA) is 58.9 Å². The maximum absolute atomic E-state index is 9.44. The smallest absolute Gasteiger partial charge is 0.122 e. The molecule has 30 heavy (non-hydrogen) atoms. The van der Waals surface area contributed by atoms with Gasteiger partial charge in [-0.3, -0.25) is 0 Å². The Morgan fingerprint density at radius 2 is 1.23 bits per heavy atom. The SMILES string of the molecule is OCCOC(CCO)COC(Cc1ccccc1)(c1ccccc1)c1ccccc1. The summed E-state index contributed by atoms with van der Waals surface area (Å²) in [6, 6.07) is 30.7. The number of aliphatic hydroxyl groups excluding tert-OH is 2. The maximum Gasteiger partial charge on any atom is 0.122 e. The number of rotatable bonds is 12. The Bertz CT molecular complexity index is 797. The van der Waals surface area contributed by atoms with Gasteiger partial charge in [0.1, 0.15) is 5.60 Å². The molecule has 0 aliphatic rings. The third kappa shape index (κ3) is 5.77. The zero-order valence-corrected chi connectivity index (χ0v) is 17.2. The molecule has 4 nitrogen and oxygen atoms in total. The molecule has 0 aliphatic heterocycles. The van der Waals surface area contributed by atoms with Crippen LogP contribution in [0.5, 0.6) is 0 Å². The van der Waals surface area contributed by atoms with E-state index in [1.54, 1.807) is 0 Å². The van der Waals surface area contributed by atoms with Crippen LogP contribution in [0.25, 0.3) is 0 Å². The molecule has 0 spiro atoms. The second-order valence-electron chi connectivity index (χ2n) is 7.26. The summed E-state index contributed by atoms with van der Waals surface area (Å²) >= 11 is 0. The molecule has 158 valence electrons. The lowest BCUT2D eigenvalue weighted by molar-refractivity contribution is -0.0906. The van der Waals surface area contributed by atoms with Gasteiger partial charge in [0.05, 0.1) is 25.9 Å². The molecule has 0 fully saturated rings. The van der Waals surface area contributed by atoms with Gasteiger partial charge in [0.25, 0.3) is 0 Å². The van der Waals surface area contributed by atoms with Gasteiger partial charge in [-0.2, -0.15) is 0 Å².